The SMILES string of the molecule is CCNC(=NCCCNC(=O)OC(C)(C)C)NCCc1nc(C(C)C)no1.I. The van der Waals surface area contributed by atoms with Crippen LogP contribution < -0.4 is 16.0 Å². The number of hydrogen-bond donors (Lipinski definition) is 3. The fourth-order valence-electron chi connectivity index (χ4n) is 2.01. The van der Waals surface area contributed by atoms with Gasteiger partial charge < -0.3 is 25.2 Å². The Kier molecular flexibility index (Phi) is 12.8. The zero-order chi connectivity index (χ0) is 20.3. The van der Waals surface area contributed by atoms with Crippen LogP contribution in [0.3, 0.4) is 0 Å². The van der Waals surface area contributed by atoms with Gasteiger partial charge in [-0.2, -0.15) is 4.98 Å². The van der Waals surface area contributed by atoms with Crippen LogP contribution in [0, 0.1) is 0 Å². The molecule has 0 aromatic carbocycles. The van der Waals surface area contributed by atoms with Gasteiger partial charge in [-0.1, -0.05) is 19.0 Å². The lowest BCUT2D eigenvalue weighted by atomic mass is 10.2. The van der Waals surface area contributed by atoms with Gasteiger partial charge in [0.1, 0.15) is 5.60 Å². The van der Waals surface area contributed by atoms with Gasteiger partial charge in [-0.05, 0) is 34.1 Å². The molecule has 1 rings (SSSR count). The van der Waals surface area contributed by atoms with Gasteiger partial charge in [0.05, 0.1) is 0 Å². The number of rotatable bonds is 9. The highest BCUT2D eigenvalue weighted by Gasteiger charge is 2.15. The average Bonchev–Trinajstić information content (AvgIpc) is 3.02. The van der Waals surface area contributed by atoms with Crippen LogP contribution in [0.2, 0.25) is 0 Å². The molecular formula is C18H35IN6O3. The third-order valence-corrected chi connectivity index (χ3v) is 3.25. The number of halogens is 1. The predicted molar refractivity (Wildman–Crippen MR) is 120 cm³/mol. The number of guanidine groups is 1. The van der Waals surface area contributed by atoms with E-state index in [1.807, 2.05) is 41.5 Å². The minimum absolute atomic E-state index is 0. The summed E-state index contributed by atoms with van der Waals surface area (Å²) < 4.78 is 10.4. The molecule has 0 aliphatic heterocycles. The Morgan fingerprint density at radius 2 is 1.93 bits per heavy atom. The first-order valence-electron chi connectivity index (χ1n) is 9.52. The topological polar surface area (TPSA) is 114 Å². The third-order valence-electron chi connectivity index (χ3n) is 3.25. The zero-order valence-corrected chi connectivity index (χ0v) is 20.1. The summed E-state index contributed by atoms with van der Waals surface area (Å²) in [7, 11) is 0. The normalized spacial score (nSPS) is 11.8. The first-order chi connectivity index (χ1) is 12.7. The number of carbonyl (C=O) groups is 1. The molecule has 0 unspecified atom stereocenters. The molecule has 9 nitrogen and oxygen atoms in total. The van der Waals surface area contributed by atoms with Crippen molar-refractivity contribution in [2.45, 2.75) is 65.9 Å². The van der Waals surface area contributed by atoms with Gasteiger partial charge in [-0.3, -0.25) is 4.99 Å². The molecular weight excluding hydrogens is 475 g/mol. The van der Waals surface area contributed by atoms with Crippen LogP contribution in [0.5, 0.6) is 0 Å². The van der Waals surface area contributed by atoms with Crippen LogP contribution in [-0.4, -0.2) is 54.0 Å². The molecule has 0 bridgehead atoms. The summed E-state index contributed by atoms with van der Waals surface area (Å²) in [5.74, 6) is 2.31. The van der Waals surface area contributed by atoms with E-state index in [2.05, 4.69) is 31.1 Å². The lowest BCUT2D eigenvalue weighted by Gasteiger charge is -2.19. The van der Waals surface area contributed by atoms with Crippen molar-refractivity contribution in [3.8, 4) is 0 Å². The number of nitrogens with one attached hydrogen (secondary N) is 3. The number of nitrogens with zero attached hydrogens (tertiary/aromatic N) is 3. The molecule has 1 aromatic rings. The van der Waals surface area contributed by atoms with Gasteiger partial charge in [0.2, 0.25) is 5.89 Å². The number of carbonyl (C=O) groups excluding carboxylic acids is 1. The average molecular weight is 510 g/mol. The van der Waals surface area contributed by atoms with E-state index in [1.165, 1.54) is 0 Å². The van der Waals surface area contributed by atoms with Gasteiger partial charge in [0, 0.05) is 38.5 Å². The second kappa shape index (κ2) is 13.6. The van der Waals surface area contributed by atoms with Crippen LogP contribution in [-0.2, 0) is 11.2 Å². The summed E-state index contributed by atoms with van der Waals surface area (Å²) in [5.41, 5.74) is -0.487. The molecule has 0 saturated heterocycles. The van der Waals surface area contributed by atoms with Crippen LogP contribution in [0.15, 0.2) is 9.52 Å². The summed E-state index contributed by atoms with van der Waals surface area (Å²) >= 11 is 0. The van der Waals surface area contributed by atoms with Gasteiger partial charge in [-0.15, -0.1) is 24.0 Å². The van der Waals surface area contributed by atoms with E-state index in [1.54, 1.807) is 0 Å². The Bertz CT molecular complexity index is 598. The van der Waals surface area contributed by atoms with Crippen molar-refractivity contribution in [2.75, 3.05) is 26.2 Å². The smallest absolute Gasteiger partial charge is 0.407 e. The minimum Gasteiger partial charge on any atom is -0.444 e. The zero-order valence-electron chi connectivity index (χ0n) is 17.8. The molecule has 3 N–H and O–H groups in total. The first kappa shape index (κ1) is 26.4. The van der Waals surface area contributed by atoms with Crippen molar-refractivity contribution in [1.29, 1.82) is 0 Å². The molecule has 1 aromatic heterocycles. The lowest BCUT2D eigenvalue weighted by molar-refractivity contribution is 0.0527. The maximum Gasteiger partial charge on any atom is 0.407 e. The van der Waals surface area contributed by atoms with E-state index in [-0.39, 0.29) is 29.9 Å². The molecule has 0 aliphatic rings. The van der Waals surface area contributed by atoms with Crippen LogP contribution >= 0.6 is 24.0 Å². The number of alkyl carbamates (subject to hydrolysis) is 1. The van der Waals surface area contributed by atoms with Crippen LogP contribution in [0.4, 0.5) is 4.79 Å². The molecule has 0 spiro atoms. The monoisotopic (exact) mass is 510 g/mol. The summed E-state index contributed by atoms with van der Waals surface area (Å²) in [4.78, 5) is 20.4. The maximum atomic E-state index is 11.6. The standard InChI is InChI=1S/C18H34N6O3.HI/c1-7-19-16(20-10-8-11-22-17(25)26-18(4,5)6)21-12-9-14-23-15(13(2)3)24-27-14;/h13H,7-12H2,1-6H3,(H,22,25)(H2,19,20,21);1H. The van der Waals surface area contributed by atoms with Crippen molar-refractivity contribution in [1.82, 2.24) is 26.1 Å². The van der Waals surface area contributed by atoms with Gasteiger partial charge in [0.15, 0.2) is 11.8 Å². The molecule has 10 heteroatoms. The second-order valence-corrected chi connectivity index (χ2v) is 7.42. The van der Waals surface area contributed by atoms with E-state index >= 15 is 0 Å². The Morgan fingerprint density at radius 1 is 1.21 bits per heavy atom. The summed E-state index contributed by atoms with van der Waals surface area (Å²) in [6.07, 6.45) is 0.943. The molecule has 0 aliphatic carbocycles. The van der Waals surface area contributed by atoms with Gasteiger partial charge in [0.25, 0.3) is 0 Å². The predicted octanol–water partition coefficient (Wildman–Crippen LogP) is 2.82. The van der Waals surface area contributed by atoms with E-state index in [0.29, 0.717) is 31.9 Å². The van der Waals surface area contributed by atoms with Crippen molar-refractivity contribution >= 4 is 36.0 Å². The number of aromatic nitrogens is 2. The number of amides is 1. The van der Waals surface area contributed by atoms with E-state index < -0.39 is 11.7 Å². The quantitative estimate of drug-likeness (QED) is 0.203. The molecule has 1 heterocycles. The maximum absolute atomic E-state index is 11.6. The van der Waals surface area contributed by atoms with E-state index in [4.69, 9.17) is 9.26 Å². The molecule has 28 heavy (non-hydrogen) atoms. The van der Waals surface area contributed by atoms with E-state index in [0.717, 1.165) is 24.7 Å². The Labute approximate surface area is 184 Å². The number of aliphatic imine (C=N–C) groups is 1. The Morgan fingerprint density at radius 3 is 2.50 bits per heavy atom. The third kappa shape index (κ3) is 12.0. The largest absolute Gasteiger partial charge is 0.444 e. The fraction of sp³-hybridized carbons (Fsp3) is 0.778. The second-order valence-electron chi connectivity index (χ2n) is 7.42. The minimum atomic E-state index is -0.487. The molecule has 0 saturated carbocycles. The highest BCUT2D eigenvalue weighted by molar-refractivity contribution is 14.0. The Hall–Kier alpha value is -1.59. The van der Waals surface area contributed by atoms with Crippen molar-refractivity contribution in [2.24, 2.45) is 4.99 Å². The number of hydrogen-bond acceptors (Lipinski definition) is 6. The molecule has 1 amide bonds. The lowest BCUT2D eigenvalue weighted by Crippen LogP contribution is -2.38. The number of ether oxygens (including phenoxy) is 1. The summed E-state index contributed by atoms with van der Waals surface area (Å²) in [6, 6.07) is 0. The molecule has 0 fully saturated rings. The molecule has 0 atom stereocenters. The fourth-order valence-corrected chi connectivity index (χ4v) is 2.01. The first-order valence-corrected chi connectivity index (χ1v) is 9.52. The Balaban J connectivity index is 0.00000729. The van der Waals surface area contributed by atoms with Gasteiger partial charge in [-0.25, -0.2) is 4.79 Å². The highest BCUT2D eigenvalue weighted by atomic mass is 127. The molecule has 162 valence electrons. The van der Waals surface area contributed by atoms with Gasteiger partial charge >= 0.3 is 6.09 Å². The highest BCUT2D eigenvalue weighted by Crippen LogP contribution is 2.09. The van der Waals surface area contributed by atoms with Crippen molar-refractivity contribution in [3.63, 3.8) is 0 Å². The van der Waals surface area contributed by atoms with Crippen molar-refractivity contribution in [3.05, 3.63) is 11.7 Å². The van der Waals surface area contributed by atoms with Crippen LogP contribution in [0.1, 0.15) is 65.6 Å². The summed E-state index contributed by atoms with van der Waals surface area (Å²) in [5, 5.41) is 13.1. The molecule has 0 radical (unpaired) electrons. The summed E-state index contributed by atoms with van der Waals surface area (Å²) in [6.45, 7) is 14.1. The van der Waals surface area contributed by atoms with Crippen LogP contribution in [0.25, 0.3) is 0 Å². The van der Waals surface area contributed by atoms with Crippen molar-refractivity contribution < 1.29 is 14.1 Å². The van der Waals surface area contributed by atoms with E-state index in [9.17, 15) is 4.79 Å².